The molecule has 0 aliphatic rings. The lowest BCUT2D eigenvalue weighted by Crippen LogP contribution is -2.48. The van der Waals surface area contributed by atoms with E-state index in [9.17, 15) is 0 Å². The van der Waals surface area contributed by atoms with Gasteiger partial charge < -0.3 is 15.1 Å². The molecule has 0 fully saturated rings. The van der Waals surface area contributed by atoms with Crippen LogP contribution in [0.3, 0.4) is 0 Å². The fraction of sp³-hybridized carbons (Fsp3) is 0.706. The van der Waals surface area contributed by atoms with Crippen molar-refractivity contribution < 1.29 is 4.42 Å². The van der Waals surface area contributed by atoms with E-state index in [1.54, 1.807) is 6.26 Å². The summed E-state index contributed by atoms with van der Waals surface area (Å²) in [6.07, 6.45) is 1.73. The average Bonchev–Trinajstić information content (AvgIpc) is 2.95. The van der Waals surface area contributed by atoms with Crippen LogP contribution in [0.1, 0.15) is 53.3 Å². The van der Waals surface area contributed by atoms with Gasteiger partial charge in [0.2, 0.25) is 0 Å². The van der Waals surface area contributed by atoms with E-state index in [-0.39, 0.29) is 35.6 Å². The van der Waals surface area contributed by atoms with Crippen LogP contribution >= 0.6 is 24.0 Å². The highest BCUT2D eigenvalue weighted by atomic mass is 127. The molecule has 1 aromatic heterocycles. The molecule has 0 aliphatic heterocycles. The quantitative estimate of drug-likeness (QED) is 0.390. The van der Waals surface area contributed by atoms with Crippen molar-refractivity contribution in [3.8, 4) is 0 Å². The molecule has 23 heavy (non-hydrogen) atoms. The van der Waals surface area contributed by atoms with Crippen LogP contribution in [0.2, 0.25) is 0 Å². The predicted molar refractivity (Wildman–Crippen MR) is 109 cm³/mol. The number of rotatable bonds is 7. The molecule has 0 saturated heterocycles. The third-order valence-electron chi connectivity index (χ3n) is 3.38. The highest BCUT2D eigenvalue weighted by Crippen LogP contribution is 2.21. The van der Waals surface area contributed by atoms with Gasteiger partial charge in [0.15, 0.2) is 5.96 Å². The normalized spacial score (nSPS) is 13.6. The molecular formula is C17H33IN4O. The molecule has 0 saturated carbocycles. The molecule has 6 heteroatoms. The van der Waals surface area contributed by atoms with Gasteiger partial charge in [-0.2, -0.15) is 0 Å². The number of hydrogen-bond acceptors (Lipinski definition) is 3. The van der Waals surface area contributed by atoms with Crippen molar-refractivity contribution in [3.63, 3.8) is 0 Å². The molecular weight excluding hydrogens is 403 g/mol. The molecule has 0 bridgehead atoms. The van der Waals surface area contributed by atoms with Crippen LogP contribution < -0.4 is 10.6 Å². The monoisotopic (exact) mass is 436 g/mol. The Morgan fingerprint density at radius 2 is 1.91 bits per heavy atom. The lowest BCUT2D eigenvalue weighted by Gasteiger charge is -2.28. The second kappa shape index (κ2) is 10.9. The van der Waals surface area contributed by atoms with Crippen molar-refractivity contribution >= 4 is 29.9 Å². The van der Waals surface area contributed by atoms with Crippen molar-refractivity contribution in [2.45, 2.75) is 53.1 Å². The van der Waals surface area contributed by atoms with Crippen LogP contribution in [-0.4, -0.2) is 42.6 Å². The van der Waals surface area contributed by atoms with Gasteiger partial charge in [0, 0.05) is 12.1 Å². The summed E-state index contributed by atoms with van der Waals surface area (Å²) in [6.45, 7) is 16.3. The summed E-state index contributed by atoms with van der Waals surface area (Å²) in [6, 6.07) is 4.14. The molecule has 0 aliphatic carbocycles. The minimum Gasteiger partial charge on any atom is -0.468 e. The smallest absolute Gasteiger partial charge is 0.191 e. The van der Waals surface area contributed by atoms with Crippen LogP contribution in [0.25, 0.3) is 0 Å². The number of aliphatic imine (C=N–C) groups is 1. The van der Waals surface area contributed by atoms with E-state index in [2.05, 4.69) is 57.1 Å². The van der Waals surface area contributed by atoms with E-state index < -0.39 is 0 Å². The molecule has 1 aromatic rings. The molecule has 1 atom stereocenters. The topological polar surface area (TPSA) is 52.8 Å². The third-order valence-corrected chi connectivity index (χ3v) is 3.38. The molecule has 1 unspecified atom stereocenters. The van der Waals surface area contributed by atoms with E-state index in [1.807, 2.05) is 12.1 Å². The zero-order valence-corrected chi connectivity index (χ0v) is 17.7. The molecule has 5 nitrogen and oxygen atoms in total. The molecule has 0 radical (unpaired) electrons. The van der Waals surface area contributed by atoms with Gasteiger partial charge in [-0.1, -0.05) is 13.8 Å². The van der Waals surface area contributed by atoms with Gasteiger partial charge in [-0.15, -0.1) is 24.0 Å². The lowest BCUT2D eigenvalue weighted by molar-refractivity contribution is 0.198. The van der Waals surface area contributed by atoms with Crippen molar-refractivity contribution in [1.29, 1.82) is 0 Å². The Morgan fingerprint density at radius 3 is 2.35 bits per heavy atom. The molecule has 134 valence electrons. The first kappa shape index (κ1) is 22.2. The van der Waals surface area contributed by atoms with E-state index in [0.29, 0.717) is 6.54 Å². The molecule has 0 aromatic carbocycles. The van der Waals surface area contributed by atoms with Gasteiger partial charge in [-0.05, 0) is 52.9 Å². The number of nitrogens with zero attached hydrogens (tertiary/aromatic N) is 2. The number of hydrogen-bond donors (Lipinski definition) is 2. The largest absolute Gasteiger partial charge is 0.468 e. The van der Waals surface area contributed by atoms with Crippen molar-refractivity contribution in [3.05, 3.63) is 24.2 Å². The van der Waals surface area contributed by atoms with Crippen LogP contribution in [0.4, 0.5) is 0 Å². The van der Waals surface area contributed by atoms with Gasteiger partial charge in [0.1, 0.15) is 5.76 Å². The first-order chi connectivity index (χ1) is 10.4. The number of nitrogens with one attached hydrogen (secondary N) is 2. The Bertz CT molecular complexity index is 436. The van der Waals surface area contributed by atoms with Crippen molar-refractivity contribution in [1.82, 2.24) is 15.5 Å². The summed E-state index contributed by atoms with van der Waals surface area (Å²) in [5.74, 6) is 1.82. The van der Waals surface area contributed by atoms with E-state index in [1.165, 1.54) is 0 Å². The average molecular weight is 436 g/mol. The third kappa shape index (κ3) is 8.06. The van der Waals surface area contributed by atoms with Crippen LogP contribution in [-0.2, 0) is 0 Å². The minimum atomic E-state index is -0.0175. The van der Waals surface area contributed by atoms with Crippen molar-refractivity contribution in [2.75, 3.05) is 26.2 Å². The number of guanidine groups is 1. The molecule has 0 spiro atoms. The highest BCUT2D eigenvalue weighted by molar-refractivity contribution is 14.0. The van der Waals surface area contributed by atoms with Gasteiger partial charge in [0.25, 0.3) is 0 Å². The first-order valence-electron chi connectivity index (χ1n) is 8.25. The van der Waals surface area contributed by atoms with Crippen LogP contribution in [0.15, 0.2) is 27.8 Å². The Hall–Kier alpha value is -0.760. The second-order valence-corrected chi connectivity index (χ2v) is 6.35. The zero-order valence-electron chi connectivity index (χ0n) is 15.3. The highest BCUT2D eigenvalue weighted by Gasteiger charge is 2.21. The van der Waals surface area contributed by atoms with E-state index in [4.69, 9.17) is 9.41 Å². The fourth-order valence-corrected chi connectivity index (χ4v) is 2.37. The summed E-state index contributed by atoms with van der Waals surface area (Å²) in [5, 5.41) is 6.73. The summed E-state index contributed by atoms with van der Waals surface area (Å²) in [5.41, 5.74) is -0.0175. The van der Waals surface area contributed by atoms with Gasteiger partial charge in [0.05, 0.1) is 18.8 Å². The standard InChI is InChI=1S/C17H32N4O.HI/c1-7-18-16(20-17(4,5)6)19-13-14(21(8-2)9-3)15-11-10-12-22-15;/h10-12,14H,7-9,13H2,1-6H3,(H2,18,19,20);1H. The molecule has 0 amide bonds. The van der Waals surface area contributed by atoms with E-state index in [0.717, 1.165) is 31.4 Å². The lowest BCUT2D eigenvalue weighted by atomic mass is 10.1. The Balaban J connectivity index is 0.00000484. The zero-order chi connectivity index (χ0) is 16.6. The summed E-state index contributed by atoms with van der Waals surface area (Å²) >= 11 is 0. The number of furan rings is 1. The van der Waals surface area contributed by atoms with Crippen LogP contribution in [0.5, 0.6) is 0 Å². The van der Waals surface area contributed by atoms with Gasteiger partial charge in [-0.25, -0.2) is 0 Å². The Kier molecular flexibility index (Phi) is 10.6. The first-order valence-corrected chi connectivity index (χ1v) is 8.25. The maximum Gasteiger partial charge on any atom is 0.191 e. The summed E-state index contributed by atoms with van der Waals surface area (Å²) in [7, 11) is 0. The predicted octanol–water partition coefficient (Wildman–Crippen LogP) is 3.63. The Labute approximate surface area is 158 Å². The maximum atomic E-state index is 5.62. The van der Waals surface area contributed by atoms with Crippen LogP contribution in [0, 0.1) is 0 Å². The summed E-state index contributed by atoms with van der Waals surface area (Å²) in [4.78, 5) is 7.13. The molecule has 1 rings (SSSR count). The second-order valence-electron chi connectivity index (χ2n) is 6.35. The van der Waals surface area contributed by atoms with Crippen molar-refractivity contribution in [2.24, 2.45) is 4.99 Å². The molecule has 2 N–H and O–H groups in total. The van der Waals surface area contributed by atoms with Gasteiger partial charge in [-0.3, -0.25) is 9.89 Å². The summed E-state index contributed by atoms with van der Waals surface area (Å²) < 4.78 is 5.62. The maximum absolute atomic E-state index is 5.62. The molecule has 1 heterocycles. The minimum absolute atomic E-state index is 0. The van der Waals surface area contributed by atoms with E-state index >= 15 is 0 Å². The number of halogens is 1. The fourth-order valence-electron chi connectivity index (χ4n) is 2.37. The Morgan fingerprint density at radius 1 is 1.26 bits per heavy atom. The SMILES string of the molecule is CCNC(=NCC(c1ccco1)N(CC)CC)NC(C)(C)C.I. The number of likely N-dealkylation sites (N-methyl/N-ethyl adjacent to an activating group) is 1. The van der Waals surface area contributed by atoms with Gasteiger partial charge >= 0.3 is 0 Å².